The van der Waals surface area contributed by atoms with Crippen LogP contribution in [0.1, 0.15) is 53.6 Å². The molecule has 3 aromatic rings. The third kappa shape index (κ3) is 4.93. The lowest BCUT2D eigenvalue weighted by molar-refractivity contribution is -0.191. The van der Waals surface area contributed by atoms with Gasteiger partial charge >= 0.3 is 6.15 Å². The highest BCUT2D eigenvalue weighted by molar-refractivity contribution is 7.07. The van der Waals surface area contributed by atoms with E-state index in [4.69, 9.17) is 20.3 Å². The van der Waals surface area contributed by atoms with Gasteiger partial charge in [-0.05, 0) is 84.2 Å². The van der Waals surface area contributed by atoms with Crippen molar-refractivity contribution in [3.8, 4) is 11.1 Å². The summed E-state index contributed by atoms with van der Waals surface area (Å²) < 4.78 is 0. The van der Waals surface area contributed by atoms with Crippen LogP contribution < -0.4 is 11.1 Å². The number of nitrogens with one attached hydrogen (secondary N) is 1. The van der Waals surface area contributed by atoms with Crippen LogP contribution >= 0.6 is 11.3 Å². The number of hydrogen-bond donors (Lipinski definition) is 2. The molecule has 5 rings (SSSR count). The number of hydrogen-bond acceptors (Lipinski definition) is 6. The first-order valence-corrected chi connectivity index (χ1v) is 11.7. The number of fused-ring (bicyclic) bond motifs is 3. The van der Waals surface area contributed by atoms with Gasteiger partial charge in [-0.25, -0.2) is 4.98 Å². The van der Waals surface area contributed by atoms with E-state index in [1.54, 1.807) is 11.3 Å². The molecule has 0 saturated heterocycles. The highest BCUT2D eigenvalue weighted by Crippen LogP contribution is 2.42. The van der Waals surface area contributed by atoms with Crippen LogP contribution in [0.25, 0.3) is 11.1 Å². The summed E-state index contributed by atoms with van der Waals surface area (Å²) in [5.41, 5.74) is 15.5. The topological polar surface area (TPSA) is 85.1 Å². The Labute approximate surface area is 186 Å². The van der Waals surface area contributed by atoms with Crippen LogP contribution in [0.15, 0.2) is 41.1 Å². The highest BCUT2D eigenvalue weighted by atomic mass is 32.1. The number of nitrogens with two attached hydrogens (primary N) is 1. The molecule has 2 aromatic heterocycles. The van der Waals surface area contributed by atoms with Crippen LogP contribution in [0.5, 0.6) is 0 Å². The lowest BCUT2D eigenvalue weighted by Gasteiger charge is -2.28. The number of aryl methyl sites for hydroxylation is 1. The molecule has 160 valence electrons. The van der Waals surface area contributed by atoms with Crippen molar-refractivity contribution in [1.82, 2.24) is 4.98 Å². The molecule has 5 nitrogen and oxygen atoms in total. The van der Waals surface area contributed by atoms with Gasteiger partial charge in [0.05, 0.1) is 0 Å². The molecule has 2 heterocycles. The van der Waals surface area contributed by atoms with Crippen molar-refractivity contribution in [2.45, 2.75) is 57.5 Å². The molecule has 0 amide bonds. The van der Waals surface area contributed by atoms with Crippen molar-refractivity contribution in [1.29, 1.82) is 0 Å². The smallest absolute Gasteiger partial charge is 0.367 e. The maximum absolute atomic E-state index is 8.12. The average molecular weight is 434 g/mol. The Morgan fingerprint density at radius 2 is 1.90 bits per heavy atom. The van der Waals surface area contributed by atoms with E-state index in [-0.39, 0.29) is 6.15 Å². The van der Waals surface area contributed by atoms with Gasteiger partial charge in [0, 0.05) is 29.8 Å². The number of pyridine rings is 1. The van der Waals surface area contributed by atoms with Crippen LogP contribution in [0.2, 0.25) is 0 Å². The second-order valence-electron chi connectivity index (χ2n) is 8.48. The number of anilines is 1. The monoisotopic (exact) mass is 433 g/mol. The Hall–Kier alpha value is -2.79. The van der Waals surface area contributed by atoms with E-state index in [1.165, 1.54) is 33.4 Å². The number of aromatic nitrogens is 1. The van der Waals surface area contributed by atoms with E-state index in [1.807, 2.05) is 0 Å². The number of nitrogens with zero attached hydrogens (tertiary/aromatic N) is 1. The summed E-state index contributed by atoms with van der Waals surface area (Å²) in [6.07, 6.45) is 6.63. The maximum atomic E-state index is 8.12. The van der Waals surface area contributed by atoms with Crippen LogP contribution in [0.4, 0.5) is 5.82 Å². The van der Waals surface area contributed by atoms with Crippen LogP contribution in [-0.4, -0.2) is 23.2 Å². The summed E-state index contributed by atoms with van der Waals surface area (Å²) in [6.45, 7) is 2.17. The maximum Gasteiger partial charge on any atom is 0.373 e. The minimum absolute atomic E-state index is 0.250. The molecule has 31 heavy (non-hydrogen) atoms. The molecule has 0 atom stereocenters. The van der Waals surface area contributed by atoms with Gasteiger partial charge in [-0.1, -0.05) is 23.8 Å². The number of benzene rings is 1. The van der Waals surface area contributed by atoms with Gasteiger partial charge in [-0.2, -0.15) is 20.9 Å². The zero-order valence-electron chi connectivity index (χ0n) is 17.7. The van der Waals surface area contributed by atoms with Gasteiger partial charge in [0.1, 0.15) is 5.82 Å². The van der Waals surface area contributed by atoms with Crippen molar-refractivity contribution < 1.29 is 9.59 Å². The normalized spacial score (nSPS) is 18.9. The lowest BCUT2D eigenvalue weighted by atomic mass is 9.91. The summed E-state index contributed by atoms with van der Waals surface area (Å²) in [5, 5.41) is 8.18. The first kappa shape index (κ1) is 21.4. The van der Waals surface area contributed by atoms with Crippen molar-refractivity contribution in [3.63, 3.8) is 0 Å². The van der Waals surface area contributed by atoms with E-state index in [9.17, 15) is 0 Å². The Balaban J connectivity index is 0.000000730. The van der Waals surface area contributed by atoms with E-state index < -0.39 is 0 Å². The number of thiophene rings is 1. The molecule has 0 unspecified atom stereocenters. The Morgan fingerprint density at radius 1 is 1.13 bits per heavy atom. The van der Waals surface area contributed by atoms with E-state index in [2.05, 4.69) is 53.3 Å². The minimum Gasteiger partial charge on any atom is -0.367 e. The molecular weight excluding hydrogens is 406 g/mol. The molecular formula is C25H27N3O2S. The molecule has 6 heteroatoms. The van der Waals surface area contributed by atoms with Crippen molar-refractivity contribution in [2.75, 3.05) is 5.32 Å². The molecule has 1 fully saturated rings. The molecule has 2 aliphatic rings. The molecule has 0 bridgehead atoms. The average Bonchev–Trinajstić information content (AvgIpc) is 3.37. The van der Waals surface area contributed by atoms with Crippen molar-refractivity contribution in [3.05, 3.63) is 69.0 Å². The van der Waals surface area contributed by atoms with Gasteiger partial charge in [0.25, 0.3) is 0 Å². The fraction of sp³-hybridized carbons (Fsp3) is 0.360. The molecule has 1 saturated carbocycles. The molecule has 1 aromatic carbocycles. The molecule has 3 N–H and O–H groups in total. The summed E-state index contributed by atoms with van der Waals surface area (Å²) in [7, 11) is 0. The standard InChI is InChI=1S/C24H27N3S.CO2/c1-15-2-7-22-17(10-15)12-18-13-21(11-16-8-9-28-14-16)27-24(23(18)22)26-20-5-3-19(25)4-6-20;2-1-3/h2,7-10,13-14,19-20H,3-6,11-12,25H2,1H3,(H,26,27);. The summed E-state index contributed by atoms with van der Waals surface area (Å²) in [4.78, 5) is 21.4. The van der Waals surface area contributed by atoms with Crippen LogP contribution in [-0.2, 0) is 22.4 Å². The third-order valence-corrected chi connectivity index (χ3v) is 6.88. The lowest BCUT2D eigenvalue weighted by Crippen LogP contribution is -2.33. The highest BCUT2D eigenvalue weighted by Gasteiger charge is 2.26. The molecule has 0 aliphatic heterocycles. The summed E-state index contributed by atoms with van der Waals surface area (Å²) in [5.74, 6) is 1.07. The van der Waals surface area contributed by atoms with Gasteiger partial charge in [-0.3, -0.25) is 0 Å². The number of rotatable bonds is 4. The second-order valence-corrected chi connectivity index (χ2v) is 9.26. The van der Waals surface area contributed by atoms with Gasteiger partial charge < -0.3 is 11.1 Å². The molecule has 0 radical (unpaired) electrons. The second kappa shape index (κ2) is 9.56. The first-order chi connectivity index (χ1) is 15.1. The van der Waals surface area contributed by atoms with Crippen molar-refractivity contribution in [2.24, 2.45) is 5.73 Å². The van der Waals surface area contributed by atoms with E-state index in [0.717, 1.165) is 50.0 Å². The SMILES string of the molecule is Cc1ccc2c(c1)Cc1cc(Cc3ccsc3)nc(NC3CCC(N)CC3)c1-2.O=C=O. The minimum atomic E-state index is 0.250. The predicted molar refractivity (Wildman–Crippen MR) is 123 cm³/mol. The van der Waals surface area contributed by atoms with Gasteiger partial charge in [0.15, 0.2) is 0 Å². The summed E-state index contributed by atoms with van der Waals surface area (Å²) in [6, 6.07) is 12.2. The fourth-order valence-electron chi connectivity index (χ4n) is 4.67. The zero-order chi connectivity index (χ0) is 21.8. The third-order valence-electron chi connectivity index (χ3n) is 6.14. The fourth-order valence-corrected chi connectivity index (χ4v) is 5.34. The van der Waals surface area contributed by atoms with Crippen LogP contribution in [0.3, 0.4) is 0 Å². The van der Waals surface area contributed by atoms with Crippen molar-refractivity contribution >= 4 is 23.3 Å². The largest absolute Gasteiger partial charge is 0.373 e. The Kier molecular flexibility index (Phi) is 6.62. The Bertz CT molecular complexity index is 1080. The van der Waals surface area contributed by atoms with Crippen LogP contribution in [0, 0.1) is 6.92 Å². The molecule has 2 aliphatic carbocycles. The van der Waals surface area contributed by atoms with E-state index >= 15 is 0 Å². The van der Waals surface area contributed by atoms with E-state index in [0.29, 0.717) is 12.1 Å². The summed E-state index contributed by atoms with van der Waals surface area (Å²) >= 11 is 1.75. The van der Waals surface area contributed by atoms with Gasteiger partial charge in [-0.15, -0.1) is 0 Å². The number of carbonyl (C=O) groups excluding carboxylic acids is 2. The first-order valence-electron chi connectivity index (χ1n) is 10.7. The quantitative estimate of drug-likeness (QED) is 0.487. The predicted octanol–water partition coefficient (Wildman–Crippen LogP) is 4.71. The Morgan fingerprint density at radius 3 is 2.61 bits per heavy atom. The molecule has 0 spiro atoms. The zero-order valence-corrected chi connectivity index (χ0v) is 18.5. The van der Waals surface area contributed by atoms with Gasteiger partial charge in [0.2, 0.25) is 0 Å².